The number of anilines is 2. The van der Waals surface area contributed by atoms with Crippen LogP contribution >= 0.6 is 0 Å². The van der Waals surface area contributed by atoms with Crippen molar-refractivity contribution in [2.45, 2.75) is 6.42 Å². The molecule has 1 heterocycles. The lowest BCUT2D eigenvalue weighted by Crippen LogP contribution is -2.27. The van der Waals surface area contributed by atoms with Crippen LogP contribution in [-0.4, -0.2) is 19.6 Å². The number of hydrogen-bond donors (Lipinski definition) is 1. The van der Waals surface area contributed by atoms with Gasteiger partial charge >= 0.3 is 0 Å². The van der Waals surface area contributed by atoms with Gasteiger partial charge in [-0.2, -0.15) is 0 Å². The van der Waals surface area contributed by atoms with E-state index in [1.165, 1.54) is 23.8 Å². The van der Waals surface area contributed by atoms with E-state index < -0.39 is 0 Å². The minimum Gasteiger partial charge on any atom is -0.383 e. The van der Waals surface area contributed by atoms with E-state index in [0.717, 1.165) is 37.4 Å². The Balaban J connectivity index is 1.58. The molecule has 2 nitrogen and oxygen atoms in total. The molecule has 0 unspecified atom stereocenters. The molecule has 20 heavy (non-hydrogen) atoms. The number of hydrogen-bond acceptors (Lipinski definition) is 2. The molecule has 0 atom stereocenters. The first-order chi connectivity index (χ1) is 9.72. The van der Waals surface area contributed by atoms with Gasteiger partial charge in [-0.15, -0.1) is 0 Å². The summed E-state index contributed by atoms with van der Waals surface area (Å²) in [5.41, 5.74) is 3.09. The summed E-state index contributed by atoms with van der Waals surface area (Å²) in [4.78, 5) is 2.18. The molecule has 1 aliphatic rings. The summed E-state index contributed by atoms with van der Waals surface area (Å²) in [7, 11) is 0. The van der Waals surface area contributed by atoms with Crippen LogP contribution in [-0.2, 0) is 6.42 Å². The molecule has 0 radical (unpaired) electrons. The predicted molar refractivity (Wildman–Crippen MR) is 77.2 cm³/mol. The highest BCUT2D eigenvalue weighted by Gasteiger charge is 2.18. The lowest BCUT2D eigenvalue weighted by molar-refractivity contribution is 0.627. The van der Waals surface area contributed by atoms with Crippen LogP contribution in [0.1, 0.15) is 5.56 Å². The first-order valence-corrected chi connectivity index (χ1v) is 6.75. The fourth-order valence-electron chi connectivity index (χ4n) is 2.55. The van der Waals surface area contributed by atoms with Crippen molar-refractivity contribution in [1.29, 1.82) is 0 Å². The molecule has 0 saturated heterocycles. The smallest absolute Gasteiger partial charge is 0.125 e. The van der Waals surface area contributed by atoms with Crippen LogP contribution in [0.4, 0.5) is 20.2 Å². The summed E-state index contributed by atoms with van der Waals surface area (Å²) < 4.78 is 26.1. The van der Waals surface area contributed by atoms with Crippen molar-refractivity contribution < 1.29 is 8.78 Å². The number of halogens is 2. The highest BCUT2D eigenvalue weighted by Crippen LogP contribution is 2.28. The van der Waals surface area contributed by atoms with Crippen LogP contribution in [0.5, 0.6) is 0 Å². The van der Waals surface area contributed by atoms with Crippen LogP contribution in [0.3, 0.4) is 0 Å². The van der Waals surface area contributed by atoms with Gasteiger partial charge in [0, 0.05) is 31.0 Å². The fourth-order valence-corrected chi connectivity index (χ4v) is 2.55. The molecule has 2 aromatic carbocycles. The summed E-state index contributed by atoms with van der Waals surface area (Å²) in [5.74, 6) is -0.429. The lowest BCUT2D eigenvalue weighted by Gasteiger charge is -2.20. The van der Waals surface area contributed by atoms with Crippen LogP contribution in [0.2, 0.25) is 0 Å². The average Bonchev–Trinajstić information content (AvgIpc) is 2.84. The topological polar surface area (TPSA) is 15.3 Å². The van der Waals surface area contributed by atoms with Gasteiger partial charge in [-0.25, -0.2) is 8.78 Å². The highest BCUT2D eigenvalue weighted by atomic mass is 19.1. The quantitative estimate of drug-likeness (QED) is 0.918. The Morgan fingerprint density at radius 1 is 1.00 bits per heavy atom. The maximum absolute atomic E-state index is 13.3. The van der Waals surface area contributed by atoms with E-state index in [2.05, 4.69) is 10.2 Å². The molecule has 0 amide bonds. The van der Waals surface area contributed by atoms with E-state index in [1.54, 1.807) is 18.2 Å². The first-order valence-electron chi connectivity index (χ1n) is 6.75. The Hall–Kier alpha value is -2.10. The SMILES string of the molecule is Fc1ccc(NCCN2CCc3ccc(F)cc32)cc1. The van der Waals surface area contributed by atoms with E-state index in [4.69, 9.17) is 0 Å². The van der Waals surface area contributed by atoms with E-state index in [1.807, 2.05) is 6.07 Å². The van der Waals surface area contributed by atoms with Crippen LogP contribution < -0.4 is 10.2 Å². The van der Waals surface area contributed by atoms with Gasteiger partial charge < -0.3 is 10.2 Å². The molecule has 4 heteroatoms. The summed E-state index contributed by atoms with van der Waals surface area (Å²) in [6, 6.07) is 11.3. The number of nitrogens with one attached hydrogen (secondary N) is 1. The number of rotatable bonds is 4. The standard InChI is InChI=1S/C16H16F2N2/c17-13-3-5-15(6-4-13)19-8-10-20-9-7-12-1-2-14(18)11-16(12)20/h1-6,11,19H,7-10H2. The number of benzene rings is 2. The van der Waals surface area contributed by atoms with E-state index >= 15 is 0 Å². The Kier molecular flexibility index (Phi) is 3.54. The molecule has 0 saturated carbocycles. The van der Waals surface area contributed by atoms with Gasteiger partial charge in [-0.05, 0) is 48.4 Å². The zero-order chi connectivity index (χ0) is 13.9. The zero-order valence-electron chi connectivity index (χ0n) is 11.1. The lowest BCUT2D eigenvalue weighted by atomic mass is 10.2. The molecule has 1 N–H and O–H groups in total. The Bertz CT molecular complexity index is 596. The molecular formula is C16H16F2N2. The van der Waals surface area contributed by atoms with Crippen molar-refractivity contribution in [3.8, 4) is 0 Å². The molecule has 0 aromatic heterocycles. The van der Waals surface area contributed by atoms with Crippen LogP contribution in [0.25, 0.3) is 0 Å². The molecule has 0 aliphatic carbocycles. The molecule has 1 aliphatic heterocycles. The van der Waals surface area contributed by atoms with Gasteiger partial charge in [0.2, 0.25) is 0 Å². The van der Waals surface area contributed by atoms with Crippen molar-refractivity contribution >= 4 is 11.4 Å². The zero-order valence-corrected chi connectivity index (χ0v) is 11.1. The van der Waals surface area contributed by atoms with Crippen molar-refractivity contribution in [2.24, 2.45) is 0 Å². The second-order valence-electron chi connectivity index (χ2n) is 4.94. The summed E-state index contributed by atoms with van der Waals surface area (Å²) in [6.45, 7) is 2.46. The third kappa shape index (κ3) is 2.74. The molecule has 0 fully saturated rings. The highest BCUT2D eigenvalue weighted by molar-refractivity contribution is 5.58. The Morgan fingerprint density at radius 3 is 2.55 bits per heavy atom. The second-order valence-corrected chi connectivity index (χ2v) is 4.94. The van der Waals surface area contributed by atoms with Gasteiger partial charge in [0.1, 0.15) is 11.6 Å². The van der Waals surface area contributed by atoms with Crippen molar-refractivity contribution in [1.82, 2.24) is 0 Å². The number of nitrogens with zero attached hydrogens (tertiary/aromatic N) is 1. The molecule has 0 bridgehead atoms. The minimum atomic E-state index is -0.237. The summed E-state index contributed by atoms with van der Waals surface area (Å²) in [6.07, 6.45) is 0.964. The van der Waals surface area contributed by atoms with Gasteiger partial charge in [-0.1, -0.05) is 6.07 Å². The van der Waals surface area contributed by atoms with Gasteiger partial charge in [0.15, 0.2) is 0 Å². The van der Waals surface area contributed by atoms with Crippen molar-refractivity contribution in [3.63, 3.8) is 0 Å². The number of fused-ring (bicyclic) bond motifs is 1. The van der Waals surface area contributed by atoms with Crippen LogP contribution in [0.15, 0.2) is 42.5 Å². The molecule has 0 spiro atoms. The Labute approximate surface area is 117 Å². The predicted octanol–water partition coefficient (Wildman–Crippen LogP) is 3.44. The van der Waals surface area contributed by atoms with Gasteiger partial charge in [0.25, 0.3) is 0 Å². The average molecular weight is 274 g/mol. The minimum absolute atomic E-state index is 0.192. The Morgan fingerprint density at radius 2 is 1.75 bits per heavy atom. The summed E-state index contributed by atoms with van der Waals surface area (Å²) in [5, 5.41) is 3.24. The first kappa shape index (κ1) is 12.9. The normalized spacial score (nSPS) is 13.4. The van der Waals surface area contributed by atoms with E-state index in [9.17, 15) is 8.78 Å². The van der Waals surface area contributed by atoms with Crippen LogP contribution in [0, 0.1) is 11.6 Å². The summed E-state index contributed by atoms with van der Waals surface area (Å²) >= 11 is 0. The van der Waals surface area contributed by atoms with Gasteiger partial charge in [-0.3, -0.25) is 0 Å². The van der Waals surface area contributed by atoms with Gasteiger partial charge in [0.05, 0.1) is 0 Å². The largest absolute Gasteiger partial charge is 0.383 e. The van der Waals surface area contributed by atoms with Crippen molar-refractivity contribution in [2.75, 3.05) is 29.9 Å². The van der Waals surface area contributed by atoms with E-state index in [0.29, 0.717) is 0 Å². The molecule has 2 aromatic rings. The fraction of sp³-hybridized carbons (Fsp3) is 0.250. The molecule has 3 rings (SSSR count). The third-order valence-electron chi connectivity index (χ3n) is 3.59. The van der Waals surface area contributed by atoms with E-state index in [-0.39, 0.29) is 11.6 Å². The third-order valence-corrected chi connectivity index (χ3v) is 3.59. The molecule has 104 valence electrons. The maximum atomic E-state index is 13.3. The second kappa shape index (κ2) is 5.49. The maximum Gasteiger partial charge on any atom is 0.125 e. The molecular weight excluding hydrogens is 258 g/mol. The monoisotopic (exact) mass is 274 g/mol. The van der Waals surface area contributed by atoms with Crippen molar-refractivity contribution in [3.05, 3.63) is 59.7 Å².